The molecule has 0 amide bonds. The average molecular weight is 364 g/mol. The van der Waals surface area contributed by atoms with Crippen molar-refractivity contribution >= 4 is 17.5 Å². The van der Waals surface area contributed by atoms with Gasteiger partial charge in [0.1, 0.15) is 5.78 Å². The fourth-order valence-electron chi connectivity index (χ4n) is 3.27. The van der Waals surface area contributed by atoms with Gasteiger partial charge in [0, 0.05) is 24.4 Å². The first kappa shape index (κ1) is 17.0. The topological polar surface area (TPSA) is 60.7 Å². The number of aryl methyl sites for hydroxylation is 1. The number of hydrogen-bond donors (Lipinski definition) is 0. The number of pyridine rings is 1. The van der Waals surface area contributed by atoms with Gasteiger partial charge in [0.25, 0.3) is 0 Å². The van der Waals surface area contributed by atoms with Crippen LogP contribution in [0.1, 0.15) is 31.2 Å². The van der Waals surface area contributed by atoms with Gasteiger partial charge in [-0.2, -0.15) is 0 Å². The second-order valence-electron chi connectivity index (χ2n) is 6.48. The molecule has 1 aliphatic carbocycles. The monoisotopic (exact) mass is 364 g/mol. The second kappa shape index (κ2) is 7.41. The molecule has 0 spiro atoms. The number of hydrogen-bond acceptors (Lipinski definition) is 5. The fraction of sp³-hybridized carbons (Fsp3) is 0.300. The number of nitrogens with zero attached hydrogens (tertiary/aromatic N) is 4. The molecule has 0 saturated heterocycles. The van der Waals surface area contributed by atoms with E-state index in [4.69, 9.17) is 0 Å². The van der Waals surface area contributed by atoms with Crippen molar-refractivity contribution in [1.82, 2.24) is 19.7 Å². The third-order valence-electron chi connectivity index (χ3n) is 4.67. The van der Waals surface area contributed by atoms with E-state index in [1.807, 2.05) is 24.3 Å². The summed E-state index contributed by atoms with van der Waals surface area (Å²) in [6, 6.07) is 12.0. The van der Waals surface area contributed by atoms with Crippen LogP contribution in [0.2, 0.25) is 0 Å². The van der Waals surface area contributed by atoms with Gasteiger partial charge in [-0.1, -0.05) is 36.4 Å². The molecule has 1 aliphatic rings. The van der Waals surface area contributed by atoms with Crippen molar-refractivity contribution in [3.63, 3.8) is 0 Å². The summed E-state index contributed by atoms with van der Waals surface area (Å²) >= 11 is 1.54. The summed E-state index contributed by atoms with van der Waals surface area (Å²) in [5, 5.41) is 9.63. The lowest BCUT2D eigenvalue weighted by Crippen LogP contribution is -2.21. The van der Waals surface area contributed by atoms with Crippen molar-refractivity contribution in [1.29, 1.82) is 0 Å². The van der Waals surface area contributed by atoms with E-state index < -0.39 is 0 Å². The molecule has 2 heterocycles. The summed E-state index contributed by atoms with van der Waals surface area (Å²) in [5.74, 6) is 1.10. The summed E-state index contributed by atoms with van der Waals surface area (Å²) in [4.78, 5) is 16.4. The predicted octanol–water partition coefficient (Wildman–Crippen LogP) is 4.24. The van der Waals surface area contributed by atoms with Crippen LogP contribution >= 0.6 is 11.8 Å². The predicted molar refractivity (Wildman–Crippen MR) is 102 cm³/mol. The van der Waals surface area contributed by atoms with Crippen LogP contribution in [0.25, 0.3) is 17.1 Å². The minimum atomic E-state index is -0.0268. The maximum Gasteiger partial charge on any atom is 0.196 e. The Morgan fingerprint density at radius 2 is 1.88 bits per heavy atom. The van der Waals surface area contributed by atoms with Crippen molar-refractivity contribution in [2.45, 2.75) is 43.0 Å². The van der Waals surface area contributed by atoms with Crippen LogP contribution in [0.15, 0.2) is 53.9 Å². The van der Waals surface area contributed by atoms with E-state index in [1.165, 1.54) is 0 Å². The van der Waals surface area contributed by atoms with Gasteiger partial charge in [0.2, 0.25) is 0 Å². The minimum absolute atomic E-state index is 0.0268. The molecule has 1 unspecified atom stereocenters. The van der Waals surface area contributed by atoms with Gasteiger partial charge < -0.3 is 0 Å². The first-order valence-electron chi connectivity index (χ1n) is 8.85. The molecule has 132 valence electrons. The summed E-state index contributed by atoms with van der Waals surface area (Å²) in [6.07, 6.45) is 7.19. The maximum atomic E-state index is 12.3. The molecule has 26 heavy (non-hydrogen) atoms. The summed E-state index contributed by atoms with van der Waals surface area (Å²) in [5.41, 5.74) is 3.13. The molecular weight excluding hydrogens is 344 g/mol. The van der Waals surface area contributed by atoms with E-state index in [0.717, 1.165) is 47.1 Å². The van der Waals surface area contributed by atoms with Crippen molar-refractivity contribution in [3.8, 4) is 17.1 Å². The molecule has 0 aliphatic heterocycles. The van der Waals surface area contributed by atoms with Crippen molar-refractivity contribution in [2.24, 2.45) is 0 Å². The summed E-state index contributed by atoms with van der Waals surface area (Å²) in [7, 11) is 0. The van der Waals surface area contributed by atoms with Crippen molar-refractivity contribution in [3.05, 3.63) is 54.4 Å². The highest BCUT2D eigenvalue weighted by Crippen LogP contribution is 2.35. The Morgan fingerprint density at radius 1 is 1.08 bits per heavy atom. The van der Waals surface area contributed by atoms with E-state index in [9.17, 15) is 4.79 Å². The zero-order valence-electron chi connectivity index (χ0n) is 14.6. The van der Waals surface area contributed by atoms with Gasteiger partial charge in [-0.15, -0.1) is 10.2 Å². The lowest BCUT2D eigenvalue weighted by molar-refractivity contribution is -0.119. The number of ketones is 1. The molecule has 6 heteroatoms. The molecule has 0 bridgehead atoms. The minimum Gasteiger partial charge on any atom is -0.298 e. The first-order valence-corrected chi connectivity index (χ1v) is 9.73. The Bertz CT molecular complexity index is 923. The number of benzene rings is 1. The van der Waals surface area contributed by atoms with Crippen LogP contribution in [0, 0.1) is 6.92 Å². The zero-order valence-corrected chi connectivity index (χ0v) is 15.4. The van der Waals surface area contributed by atoms with Crippen LogP contribution in [-0.4, -0.2) is 30.8 Å². The zero-order chi connectivity index (χ0) is 17.9. The van der Waals surface area contributed by atoms with E-state index in [1.54, 1.807) is 24.2 Å². The Balaban J connectivity index is 1.81. The second-order valence-corrected chi connectivity index (χ2v) is 7.65. The molecule has 1 saturated carbocycles. The van der Waals surface area contributed by atoms with E-state index in [0.29, 0.717) is 12.2 Å². The number of carbonyl (C=O) groups excluding carboxylic acids is 1. The van der Waals surface area contributed by atoms with Crippen LogP contribution in [0.4, 0.5) is 0 Å². The molecule has 0 N–H and O–H groups in total. The number of Topliss-reactive ketones (excluding diaryl/α,β-unsaturated/α-hetero) is 1. The maximum absolute atomic E-state index is 12.3. The highest BCUT2D eigenvalue weighted by atomic mass is 32.2. The Hall–Kier alpha value is -2.47. The Morgan fingerprint density at radius 3 is 2.65 bits per heavy atom. The van der Waals surface area contributed by atoms with E-state index in [-0.39, 0.29) is 5.25 Å². The van der Waals surface area contributed by atoms with E-state index in [2.05, 4.69) is 38.8 Å². The van der Waals surface area contributed by atoms with Gasteiger partial charge >= 0.3 is 0 Å². The molecular formula is C20H20N4OS. The van der Waals surface area contributed by atoms with Crippen molar-refractivity contribution < 1.29 is 4.79 Å². The van der Waals surface area contributed by atoms with Gasteiger partial charge in [-0.3, -0.25) is 14.3 Å². The molecule has 3 aromatic rings. The van der Waals surface area contributed by atoms with Gasteiger partial charge in [-0.05, 0) is 43.5 Å². The average Bonchev–Trinajstić information content (AvgIpc) is 3.08. The van der Waals surface area contributed by atoms with Gasteiger partial charge in [0.05, 0.1) is 10.9 Å². The SMILES string of the molecule is Cc1ccccc1-n1c(SC2CCCCC2=O)nnc1-c1ccncc1. The van der Waals surface area contributed by atoms with Crippen LogP contribution in [0.3, 0.4) is 0 Å². The standard InChI is InChI=1S/C20H20N4OS/c1-14-6-2-3-7-16(14)24-19(15-10-12-21-13-11-15)22-23-20(24)26-18-9-5-4-8-17(18)25/h2-3,6-7,10-13,18H,4-5,8-9H2,1H3. The fourth-order valence-corrected chi connectivity index (χ4v) is 4.44. The first-order chi connectivity index (χ1) is 12.7. The smallest absolute Gasteiger partial charge is 0.196 e. The number of thioether (sulfide) groups is 1. The lowest BCUT2D eigenvalue weighted by Gasteiger charge is -2.20. The largest absolute Gasteiger partial charge is 0.298 e. The van der Waals surface area contributed by atoms with Crippen molar-refractivity contribution in [2.75, 3.05) is 0 Å². The Kier molecular flexibility index (Phi) is 4.84. The molecule has 1 atom stereocenters. The molecule has 5 nitrogen and oxygen atoms in total. The summed E-state index contributed by atoms with van der Waals surface area (Å²) < 4.78 is 2.07. The van der Waals surface area contributed by atoms with E-state index >= 15 is 0 Å². The Labute approximate surface area is 156 Å². The highest BCUT2D eigenvalue weighted by molar-refractivity contribution is 8.00. The third-order valence-corrected chi connectivity index (χ3v) is 5.93. The molecule has 2 aromatic heterocycles. The summed E-state index contributed by atoms with van der Waals surface area (Å²) in [6.45, 7) is 2.08. The molecule has 1 fully saturated rings. The lowest BCUT2D eigenvalue weighted by atomic mass is 9.99. The normalized spacial score (nSPS) is 17.4. The van der Waals surface area contributed by atoms with Gasteiger partial charge in [-0.25, -0.2) is 0 Å². The highest BCUT2D eigenvalue weighted by Gasteiger charge is 2.27. The van der Waals surface area contributed by atoms with Gasteiger partial charge in [0.15, 0.2) is 11.0 Å². The molecule has 1 aromatic carbocycles. The number of para-hydroxylation sites is 1. The third kappa shape index (κ3) is 3.29. The number of carbonyl (C=O) groups is 1. The number of rotatable bonds is 4. The quantitative estimate of drug-likeness (QED) is 0.693. The molecule has 4 rings (SSSR count). The van der Waals surface area contributed by atoms with Crippen LogP contribution in [0.5, 0.6) is 0 Å². The van der Waals surface area contributed by atoms with Crippen LogP contribution < -0.4 is 0 Å². The number of aromatic nitrogens is 4. The molecule has 0 radical (unpaired) electrons. The van der Waals surface area contributed by atoms with Crippen LogP contribution in [-0.2, 0) is 4.79 Å².